The van der Waals surface area contributed by atoms with Gasteiger partial charge >= 0.3 is 0 Å². The Labute approximate surface area is 206 Å². The lowest BCUT2D eigenvalue weighted by Gasteiger charge is -2.46. The summed E-state index contributed by atoms with van der Waals surface area (Å²) in [7, 11) is 0. The molecule has 0 spiro atoms. The van der Waals surface area contributed by atoms with Crippen molar-refractivity contribution < 1.29 is 9.59 Å². The van der Waals surface area contributed by atoms with Crippen LogP contribution in [0.1, 0.15) is 59.9 Å². The minimum Gasteiger partial charge on any atom is -0.363 e. The SMILES string of the molecule is CC(=O)N1c2ccc(C(=O)NCc3cccnc3)cc2[C@H](Nc2cccc(C)n2)[C@@H](C)[C@@H]1C1CC1. The van der Waals surface area contributed by atoms with Gasteiger partial charge in [-0.25, -0.2) is 4.98 Å². The van der Waals surface area contributed by atoms with Crippen molar-refractivity contribution in [3.63, 3.8) is 0 Å². The van der Waals surface area contributed by atoms with E-state index in [9.17, 15) is 9.59 Å². The Balaban J connectivity index is 1.50. The maximum absolute atomic E-state index is 13.0. The zero-order chi connectivity index (χ0) is 24.5. The molecule has 1 saturated carbocycles. The number of aryl methyl sites for hydroxylation is 1. The molecule has 3 aromatic rings. The maximum atomic E-state index is 13.0. The number of aromatic nitrogens is 2. The van der Waals surface area contributed by atoms with Crippen LogP contribution in [0.25, 0.3) is 0 Å². The van der Waals surface area contributed by atoms with E-state index in [1.54, 1.807) is 19.3 Å². The van der Waals surface area contributed by atoms with Crippen molar-refractivity contribution in [1.82, 2.24) is 15.3 Å². The number of amides is 2. The molecular formula is C28H31N5O2. The van der Waals surface area contributed by atoms with Crippen LogP contribution < -0.4 is 15.5 Å². The number of nitrogens with zero attached hydrogens (tertiary/aromatic N) is 3. The third-order valence-corrected chi connectivity index (χ3v) is 7.06. The molecule has 0 unspecified atom stereocenters. The van der Waals surface area contributed by atoms with Crippen LogP contribution in [0.5, 0.6) is 0 Å². The summed E-state index contributed by atoms with van der Waals surface area (Å²) in [5.41, 5.74) is 4.26. The van der Waals surface area contributed by atoms with Crippen molar-refractivity contribution >= 4 is 23.3 Å². The molecule has 180 valence electrons. The number of rotatable bonds is 6. The normalized spacial score (nSPS) is 21.2. The number of pyridine rings is 2. The average molecular weight is 470 g/mol. The molecule has 1 aromatic carbocycles. The zero-order valence-electron chi connectivity index (χ0n) is 20.4. The molecule has 5 rings (SSSR count). The smallest absolute Gasteiger partial charge is 0.251 e. The van der Waals surface area contributed by atoms with E-state index in [0.29, 0.717) is 18.0 Å². The van der Waals surface area contributed by atoms with Gasteiger partial charge in [0.05, 0.1) is 6.04 Å². The number of fused-ring (bicyclic) bond motifs is 1. The first-order valence-corrected chi connectivity index (χ1v) is 12.2. The zero-order valence-corrected chi connectivity index (χ0v) is 20.4. The molecule has 0 saturated heterocycles. The molecule has 1 aliphatic heterocycles. The Kier molecular flexibility index (Phi) is 6.24. The molecule has 0 bridgehead atoms. The van der Waals surface area contributed by atoms with Gasteiger partial charge in [0.15, 0.2) is 0 Å². The highest BCUT2D eigenvalue weighted by atomic mass is 16.2. The number of carbonyl (C=O) groups excluding carboxylic acids is 2. The summed E-state index contributed by atoms with van der Waals surface area (Å²) < 4.78 is 0. The summed E-state index contributed by atoms with van der Waals surface area (Å²) in [6.07, 6.45) is 5.73. The number of anilines is 2. The van der Waals surface area contributed by atoms with Gasteiger partial charge in [0, 0.05) is 54.8 Å². The van der Waals surface area contributed by atoms with Crippen LogP contribution in [0.2, 0.25) is 0 Å². The Hall–Kier alpha value is -3.74. The van der Waals surface area contributed by atoms with Gasteiger partial charge in [-0.05, 0) is 73.2 Å². The van der Waals surface area contributed by atoms with Gasteiger partial charge in [0.25, 0.3) is 5.91 Å². The Morgan fingerprint density at radius 3 is 2.63 bits per heavy atom. The highest BCUT2D eigenvalue weighted by Gasteiger charge is 2.47. The van der Waals surface area contributed by atoms with Gasteiger partial charge in [-0.3, -0.25) is 14.6 Å². The van der Waals surface area contributed by atoms with Gasteiger partial charge in [-0.15, -0.1) is 0 Å². The highest BCUT2D eigenvalue weighted by Crippen LogP contribution is 2.50. The van der Waals surface area contributed by atoms with Gasteiger partial charge in [-0.1, -0.05) is 19.1 Å². The molecule has 0 radical (unpaired) electrons. The fourth-order valence-electron chi connectivity index (χ4n) is 5.28. The van der Waals surface area contributed by atoms with Crippen LogP contribution in [-0.4, -0.2) is 27.8 Å². The summed E-state index contributed by atoms with van der Waals surface area (Å²) in [6, 6.07) is 15.4. The summed E-state index contributed by atoms with van der Waals surface area (Å²) in [5, 5.41) is 6.62. The van der Waals surface area contributed by atoms with Crippen LogP contribution in [-0.2, 0) is 11.3 Å². The van der Waals surface area contributed by atoms with Crippen LogP contribution >= 0.6 is 0 Å². The van der Waals surface area contributed by atoms with Gasteiger partial charge in [-0.2, -0.15) is 0 Å². The number of benzene rings is 1. The second-order valence-electron chi connectivity index (χ2n) is 9.68. The summed E-state index contributed by atoms with van der Waals surface area (Å²) in [4.78, 5) is 36.6. The van der Waals surface area contributed by atoms with E-state index in [1.807, 2.05) is 60.4 Å². The van der Waals surface area contributed by atoms with Crippen LogP contribution in [0.3, 0.4) is 0 Å². The molecule has 2 aromatic heterocycles. The Morgan fingerprint density at radius 1 is 1.11 bits per heavy atom. The first-order chi connectivity index (χ1) is 16.9. The number of hydrogen-bond donors (Lipinski definition) is 2. The fourth-order valence-corrected chi connectivity index (χ4v) is 5.28. The topological polar surface area (TPSA) is 87.2 Å². The van der Waals surface area contributed by atoms with E-state index in [1.165, 1.54) is 0 Å². The molecule has 7 heteroatoms. The summed E-state index contributed by atoms with van der Waals surface area (Å²) >= 11 is 0. The Bertz CT molecular complexity index is 1240. The predicted octanol–water partition coefficient (Wildman–Crippen LogP) is 4.65. The number of nitrogens with one attached hydrogen (secondary N) is 2. The molecule has 1 fully saturated rings. The lowest BCUT2D eigenvalue weighted by molar-refractivity contribution is -0.117. The average Bonchev–Trinajstić information content (AvgIpc) is 3.69. The maximum Gasteiger partial charge on any atom is 0.251 e. The quantitative estimate of drug-likeness (QED) is 0.549. The van der Waals surface area contributed by atoms with E-state index in [4.69, 9.17) is 0 Å². The van der Waals surface area contributed by atoms with Crippen molar-refractivity contribution in [1.29, 1.82) is 0 Å². The molecule has 1 aliphatic carbocycles. The van der Waals surface area contributed by atoms with Crippen LogP contribution in [0, 0.1) is 18.8 Å². The molecular weight excluding hydrogens is 438 g/mol. The lowest BCUT2D eigenvalue weighted by atomic mass is 9.79. The van der Waals surface area contributed by atoms with Crippen LogP contribution in [0.4, 0.5) is 11.5 Å². The van der Waals surface area contributed by atoms with E-state index in [2.05, 4.69) is 27.5 Å². The molecule has 2 aliphatic rings. The van der Waals surface area contributed by atoms with Crippen molar-refractivity contribution in [2.45, 2.75) is 52.2 Å². The largest absolute Gasteiger partial charge is 0.363 e. The van der Waals surface area contributed by atoms with Crippen molar-refractivity contribution in [2.75, 3.05) is 10.2 Å². The minimum absolute atomic E-state index is 0.0379. The van der Waals surface area contributed by atoms with Gasteiger partial charge < -0.3 is 15.5 Å². The molecule has 3 atom stereocenters. The molecule has 3 heterocycles. The molecule has 35 heavy (non-hydrogen) atoms. The van der Waals surface area contributed by atoms with Crippen LogP contribution in [0.15, 0.2) is 60.9 Å². The third-order valence-electron chi connectivity index (χ3n) is 7.06. The second-order valence-corrected chi connectivity index (χ2v) is 9.68. The fraction of sp³-hybridized carbons (Fsp3) is 0.357. The third kappa shape index (κ3) is 4.76. The second kappa shape index (κ2) is 9.49. The molecule has 2 N–H and O–H groups in total. The monoisotopic (exact) mass is 469 g/mol. The van der Waals surface area contributed by atoms with E-state index >= 15 is 0 Å². The van der Waals surface area contributed by atoms with E-state index in [0.717, 1.165) is 41.2 Å². The highest BCUT2D eigenvalue weighted by molar-refractivity contribution is 5.98. The first-order valence-electron chi connectivity index (χ1n) is 12.2. The predicted molar refractivity (Wildman–Crippen MR) is 136 cm³/mol. The minimum atomic E-state index is -0.157. The number of hydrogen-bond acceptors (Lipinski definition) is 5. The molecule has 7 nitrogen and oxygen atoms in total. The summed E-state index contributed by atoms with van der Waals surface area (Å²) in [6.45, 7) is 6.21. The van der Waals surface area contributed by atoms with Gasteiger partial charge in [0.2, 0.25) is 5.91 Å². The molecule has 2 amide bonds. The van der Waals surface area contributed by atoms with Crippen molar-refractivity contribution in [2.24, 2.45) is 11.8 Å². The van der Waals surface area contributed by atoms with Gasteiger partial charge in [0.1, 0.15) is 5.82 Å². The summed E-state index contributed by atoms with van der Waals surface area (Å²) in [5.74, 6) is 1.32. The van der Waals surface area contributed by atoms with Crippen molar-refractivity contribution in [3.05, 3.63) is 83.3 Å². The lowest BCUT2D eigenvalue weighted by Crippen LogP contribution is -2.51. The van der Waals surface area contributed by atoms with Crippen molar-refractivity contribution in [3.8, 4) is 0 Å². The van der Waals surface area contributed by atoms with E-state index in [-0.39, 0.29) is 29.8 Å². The standard InChI is InChI=1S/C28H31N5O2/c1-17-6-4-8-25(31-17)32-26-18(2)27(21-9-10-21)33(19(3)34)24-12-11-22(14-23(24)26)28(35)30-16-20-7-5-13-29-15-20/h4-8,11-15,18,21,26-27H,9-10,16H2,1-3H3,(H,30,35)(H,31,32)/t18-,26-,27-/m1/s1. The first kappa shape index (κ1) is 23.0. The number of carbonyl (C=O) groups is 2. The van der Waals surface area contributed by atoms with E-state index < -0.39 is 0 Å². The Morgan fingerprint density at radius 2 is 1.94 bits per heavy atom.